The quantitative estimate of drug-likeness (QED) is 0.150. The molecule has 0 amide bonds. The van der Waals surface area contributed by atoms with Crippen LogP contribution in [-0.2, 0) is 19.6 Å². The SMILES string of the molecule is CC(C)c1cc(C(C)C)c(-c2cccc(-c3c(C(C)C)cc(C(C)C)cc3C(C)C)c2O)c(C(C)C)c1.Cc1cc(C)cc([N]=[W])c1.[CH2-]C[CH2-].c1cc[n-]c1. The number of aromatic nitrogens is 1. The van der Waals surface area contributed by atoms with Gasteiger partial charge >= 0.3 is 72.0 Å². The molecule has 298 valence electrons. The number of aromatic hydroxyl groups is 1. The number of benzene rings is 4. The molecule has 0 unspecified atom stereocenters. The number of hydrogen-bond acceptors (Lipinski definition) is 2. The Hall–Kier alpha value is -3.55. The number of para-hydroxylation sites is 1. The van der Waals surface area contributed by atoms with Crippen molar-refractivity contribution < 1.29 is 24.7 Å². The summed E-state index contributed by atoms with van der Waals surface area (Å²) in [6, 6.07) is 26.0. The maximum atomic E-state index is 12.1. The molecule has 1 N–H and O–H groups in total. The van der Waals surface area contributed by atoms with E-state index in [2.05, 4.69) is 180 Å². The Bertz CT molecular complexity index is 1720. The van der Waals surface area contributed by atoms with Gasteiger partial charge in [-0.25, -0.2) is 0 Å². The molecule has 1 heterocycles. The van der Waals surface area contributed by atoms with Gasteiger partial charge < -0.3 is 30.4 Å². The molecule has 5 rings (SSSR count). The molecular weight excluding hydrogens is 840 g/mol. The van der Waals surface area contributed by atoms with Crippen LogP contribution >= 0.6 is 0 Å². The van der Waals surface area contributed by atoms with Gasteiger partial charge in [0.05, 0.1) is 0 Å². The molecule has 0 fully saturated rings. The van der Waals surface area contributed by atoms with Crippen molar-refractivity contribution in [1.29, 1.82) is 0 Å². The van der Waals surface area contributed by atoms with Crippen LogP contribution in [0.4, 0.5) is 5.69 Å². The van der Waals surface area contributed by atoms with Gasteiger partial charge in [-0.1, -0.05) is 138 Å². The molecule has 0 atom stereocenters. The predicted molar refractivity (Wildman–Crippen MR) is 237 cm³/mol. The van der Waals surface area contributed by atoms with Crippen LogP contribution in [0.1, 0.15) is 170 Å². The van der Waals surface area contributed by atoms with Crippen LogP contribution in [0.2, 0.25) is 0 Å². The third kappa shape index (κ3) is 13.6. The van der Waals surface area contributed by atoms with Gasteiger partial charge in [0.15, 0.2) is 0 Å². The molecule has 0 radical (unpaired) electrons. The van der Waals surface area contributed by atoms with Crippen molar-refractivity contribution in [3.8, 4) is 28.0 Å². The summed E-state index contributed by atoms with van der Waals surface area (Å²) in [5.41, 5.74) is 16.1. The first kappa shape index (κ1) is 47.6. The molecule has 3 nitrogen and oxygen atoms in total. The van der Waals surface area contributed by atoms with Crippen molar-refractivity contribution >= 4 is 5.69 Å². The van der Waals surface area contributed by atoms with Gasteiger partial charge in [0.2, 0.25) is 0 Å². The first-order valence-corrected chi connectivity index (χ1v) is 21.4. The van der Waals surface area contributed by atoms with Crippen LogP contribution in [0.15, 0.2) is 88.7 Å². The van der Waals surface area contributed by atoms with Crippen molar-refractivity contribution in [3.05, 3.63) is 144 Å². The normalized spacial score (nSPS) is 11.0. The van der Waals surface area contributed by atoms with E-state index in [4.69, 9.17) is 0 Å². The number of nitrogens with zero attached hydrogens (tertiary/aromatic N) is 2. The fourth-order valence-electron chi connectivity index (χ4n) is 6.73. The van der Waals surface area contributed by atoms with Crippen molar-refractivity contribution in [3.63, 3.8) is 0 Å². The van der Waals surface area contributed by atoms with E-state index in [1.54, 1.807) is 12.4 Å². The molecule has 0 aliphatic rings. The molecule has 0 spiro atoms. The topological polar surface area (TPSA) is 46.7 Å². The maximum absolute atomic E-state index is 12.1. The van der Waals surface area contributed by atoms with Crippen LogP contribution in [-0.4, -0.2) is 5.11 Å². The van der Waals surface area contributed by atoms with Crippen molar-refractivity contribution in [2.75, 3.05) is 0 Å². The average molecular weight is 910 g/mol. The summed E-state index contributed by atoms with van der Waals surface area (Å²) in [7, 11) is 0. The molecule has 55 heavy (non-hydrogen) atoms. The third-order valence-corrected chi connectivity index (χ3v) is 10.4. The van der Waals surface area contributed by atoms with E-state index in [1.807, 2.05) is 12.1 Å². The third-order valence-electron chi connectivity index (χ3n) is 9.61. The summed E-state index contributed by atoms with van der Waals surface area (Å²) in [4.78, 5) is 3.72. The zero-order valence-corrected chi connectivity index (χ0v) is 39.4. The Morgan fingerprint density at radius 3 is 1.11 bits per heavy atom. The molecule has 5 aromatic rings. The Morgan fingerprint density at radius 1 is 0.545 bits per heavy atom. The molecule has 0 bridgehead atoms. The molecule has 0 saturated carbocycles. The van der Waals surface area contributed by atoms with Crippen LogP contribution in [0, 0.1) is 27.7 Å². The van der Waals surface area contributed by atoms with Crippen LogP contribution in [0.3, 0.4) is 0 Å². The number of rotatable bonds is 9. The fourth-order valence-corrected chi connectivity index (χ4v) is 7.11. The van der Waals surface area contributed by atoms with Gasteiger partial charge in [-0.3, -0.25) is 0 Å². The minimum atomic E-state index is 0.358. The van der Waals surface area contributed by atoms with Crippen molar-refractivity contribution in [1.82, 2.24) is 4.98 Å². The smallest absolute Gasteiger partial charge is 0.0860 e. The Morgan fingerprint density at radius 2 is 0.873 bits per heavy atom. The fraction of sp³-hybridized carbons (Fsp3) is 0.412. The second kappa shape index (κ2) is 22.9. The Balaban J connectivity index is 0.000000472. The Kier molecular flexibility index (Phi) is 19.8. The Labute approximate surface area is 347 Å². The van der Waals surface area contributed by atoms with E-state index in [-0.39, 0.29) is 0 Å². The first-order chi connectivity index (χ1) is 25.9. The van der Waals surface area contributed by atoms with Gasteiger partial charge in [0.1, 0.15) is 5.75 Å². The largest absolute Gasteiger partial charge is 0.670 e. The van der Waals surface area contributed by atoms with Gasteiger partial charge in [-0.2, -0.15) is 12.4 Å². The summed E-state index contributed by atoms with van der Waals surface area (Å²) in [5.74, 6) is 2.77. The summed E-state index contributed by atoms with van der Waals surface area (Å²) >= 11 is 1.26. The molecule has 1 aromatic heterocycles. The van der Waals surface area contributed by atoms with Gasteiger partial charge in [-0.15, -0.1) is 0 Å². The van der Waals surface area contributed by atoms with E-state index in [0.717, 1.165) is 23.2 Å². The zero-order chi connectivity index (χ0) is 41.6. The summed E-state index contributed by atoms with van der Waals surface area (Å²) in [6.07, 6.45) is 4.25. The second-order valence-electron chi connectivity index (χ2n) is 16.4. The molecule has 0 saturated heterocycles. The van der Waals surface area contributed by atoms with Crippen molar-refractivity contribution in [2.24, 2.45) is 3.50 Å². The number of phenols is 1. The van der Waals surface area contributed by atoms with Gasteiger partial charge in [0.25, 0.3) is 0 Å². The molecular formula is C51H69N2OW-3. The standard InChI is InChI=1S/C36H50O.C8H9N.C4H4N.C3H6.W/c1-20(2)26-16-30(22(5)6)34(31(17-26)23(7)8)28-14-13-15-29(36(28)37)35-32(24(9)10)18-27(21(3)4)19-33(35)25(11)12;1-6-3-7(2)5-8(9)4-6;1-2-4-5-3-1;1-3-2;/h13-25,37H,1-12H3;3-5H,1-2H3;1-4H;1-3H2;/q;;-1;-2;. The molecule has 4 heteroatoms. The van der Waals surface area contributed by atoms with E-state index < -0.39 is 0 Å². The van der Waals surface area contributed by atoms with Gasteiger partial charge in [0, 0.05) is 11.1 Å². The predicted octanol–water partition coefficient (Wildman–Crippen LogP) is 15.8. The molecule has 0 aliphatic carbocycles. The van der Waals surface area contributed by atoms with Crippen molar-refractivity contribution in [2.45, 2.75) is 139 Å². The van der Waals surface area contributed by atoms with Gasteiger partial charge in [-0.05, 0) is 80.0 Å². The maximum Gasteiger partial charge on any atom is -0.0860 e. The minimum absolute atomic E-state index is 0.358. The minimum Gasteiger partial charge on any atom is -0.670 e. The van der Waals surface area contributed by atoms with E-state index in [9.17, 15) is 5.11 Å². The summed E-state index contributed by atoms with van der Waals surface area (Å²) < 4.78 is 4.18. The summed E-state index contributed by atoms with van der Waals surface area (Å²) in [6.45, 7) is 38.2. The van der Waals surface area contributed by atoms with Crippen LogP contribution in [0.25, 0.3) is 22.3 Å². The zero-order valence-electron chi connectivity index (χ0n) is 36.4. The second-order valence-corrected chi connectivity index (χ2v) is 17.1. The molecule has 0 aliphatic heterocycles. The number of hydrogen-bond donors (Lipinski definition) is 1. The monoisotopic (exact) mass is 909 g/mol. The van der Waals surface area contributed by atoms with E-state index >= 15 is 0 Å². The molecule has 4 aromatic carbocycles. The van der Waals surface area contributed by atoms with Crippen LogP contribution < -0.4 is 4.98 Å². The summed E-state index contributed by atoms with van der Waals surface area (Å²) in [5, 5.41) is 12.1. The first-order valence-electron chi connectivity index (χ1n) is 20.1. The van der Waals surface area contributed by atoms with Crippen LogP contribution in [0.5, 0.6) is 5.75 Å². The van der Waals surface area contributed by atoms with E-state index in [0.29, 0.717) is 41.3 Å². The average Bonchev–Trinajstić information content (AvgIpc) is 3.71. The number of phenolic OH excluding ortho intramolecular Hbond substituents is 1. The van der Waals surface area contributed by atoms with E-state index in [1.165, 1.54) is 75.3 Å². The number of aryl methyl sites for hydroxylation is 2.